The zero-order valence-electron chi connectivity index (χ0n) is 28.5. The van der Waals surface area contributed by atoms with Crippen LogP contribution in [0.25, 0.3) is 0 Å². The molecule has 0 fully saturated rings. The fourth-order valence-corrected chi connectivity index (χ4v) is 7.31. The van der Waals surface area contributed by atoms with Gasteiger partial charge in [-0.05, 0) is 12.8 Å². The van der Waals surface area contributed by atoms with Gasteiger partial charge in [0.2, 0.25) is 0 Å². The van der Waals surface area contributed by atoms with Crippen LogP contribution in [0.3, 0.4) is 0 Å². The van der Waals surface area contributed by atoms with Crippen LogP contribution in [-0.2, 0) is 0 Å². The summed E-state index contributed by atoms with van der Waals surface area (Å²) in [4.78, 5) is 0. The molecule has 0 heterocycles. The van der Waals surface area contributed by atoms with Crippen molar-refractivity contribution in [2.75, 3.05) is 26.2 Å². The van der Waals surface area contributed by atoms with Crippen LogP contribution in [0.15, 0.2) is 0 Å². The number of rotatable bonds is 34. The zero-order chi connectivity index (χ0) is 28.5. The minimum absolute atomic E-state index is 0.520. The number of unbranched alkanes of at least 4 members (excludes halogenated alkanes) is 32. The Bertz CT molecular complexity index is 423. The molecule has 0 aromatic heterocycles. The minimum Gasteiger partial charge on any atom is -0.0654 e. The Morgan fingerprint density at radius 1 is 0.231 bits per heavy atom. The van der Waals surface area contributed by atoms with Crippen LogP contribution in [-0.4, -0.2) is 26.2 Å². The summed E-state index contributed by atoms with van der Waals surface area (Å²) >= 11 is 0. The van der Waals surface area contributed by atoms with Gasteiger partial charge >= 0.3 is 0 Å². The third-order valence-electron chi connectivity index (χ3n) is 8.93. The number of hydrogen-bond donors (Lipinski definition) is 0. The summed E-state index contributed by atoms with van der Waals surface area (Å²) in [7, 11) is -0.520. The Kier molecular flexibility index (Phi) is 33.3. The quantitative estimate of drug-likeness (QED) is 0.0536. The molecule has 0 aliphatic rings. The average molecular weight is 568 g/mol. The van der Waals surface area contributed by atoms with Gasteiger partial charge in [-0.2, -0.15) is 0 Å². The van der Waals surface area contributed by atoms with E-state index < -0.39 is 7.26 Å². The second kappa shape index (κ2) is 32.9. The van der Waals surface area contributed by atoms with E-state index in [1.165, 1.54) is 218 Å². The van der Waals surface area contributed by atoms with Crippen molar-refractivity contribution < 1.29 is 0 Å². The molecule has 0 aliphatic carbocycles. The van der Waals surface area contributed by atoms with Gasteiger partial charge < -0.3 is 0 Å². The van der Waals surface area contributed by atoms with E-state index in [0.29, 0.717) is 0 Å². The Morgan fingerprint density at radius 2 is 0.385 bits per heavy atom. The van der Waals surface area contributed by atoms with Crippen LogP contribution in [0.2, 0.25) is 0 Å². The maximum atomic E-state index is 2.48. The van der Waals surface area contributed by atoms with Gasteiger partial charge in [-0.1, -0.05) is 206 Å². The molecular formula is C38H80P+. The third kappa shape index (κ3) is 38.4. The number of hydrogen-bond acceptors (Lipinski definition) is 0. The highest BCUT2D eigenvalue weighted by molar-refractivity contribution is 7.73. The SMILES string of the molecule is CCCCCCCCCCCCCCCCCCCCCCCCCCCCCCCCCCC[P+](C)(C)C. The van der Waals surface area contributed by atoms with Gasteiger partial charge in [0, 0.05) is 27.3 Å². The maximum Gasteiger partial charge on any atom is 0.0586 e. The molecule has 0 nitrogen and oxygen atoms in total. The lowest BCUT2D eigenvalue weighted by atomic mass is 10.0. The van der Waals surface area contributed by atoms with Crippen molar-refractivity contribution in [3.63, 3.8) is 0 Å². The van der Waals surface area contributed by atoms with E-state index >= 15 is 0 Å². The fourth-order valence-electron chi connectivity index (χ4n) is 6.14. The lowest BCUT2D eigenvalue weighted by Gasteiger charge is -2.10. The molecule has 0 saturated carbocycles. The molecular weight excluding hydrogens is 487 g/mol. The Balaban J connectivity index is 3.04. The summed E-state index contributed by atoms with van der Waals surface area (Å²) in [6, 6.07) is 0. The highest BCUT2D eigenvalue weighted by Gasteiger charge is 2.15. The maximum absolute atomic E-state index is 2.48. The van der Waals surface area contributed by atoms with E-state index in [-0.39, 0.29) is 0 Å². The largest absolute Gasteiger partial charge is 0.0654 e. The summed E-state index contributed by atoms with van der Waals surface area (Å²) < 4.78 is 0. The Morgan fingerprint density at radius 3 is 0.538 bits per heavy atom. The lowest BCUT2D eigenvalue weighted by Crippen LogP contribution is -1.93. The molecule has 39 heavy (non-hydrogen) atoms. The summed E-state index contributed by atoms with van der Waals surface area (Å²) in [5, 5.41) is 0. The molecule has 1 heteroatoms. The van der Waals surface area contributed by atoms with E-state index in [2.05, 4.69) is 26.9 Å². The van der Waals surface area contributed by atoms with E-state index in [9.17, 15) is 0 Å². The van der Waals surface area contributed by atoms with Crippen LogP contribution < -0.4 is 0 Å². The molecule has 0 radical (unpaired) electrons. The molecule has 0 atom stereocenters. The fraction of sp³-hybridized carbons (Fsp3) is 1.00. The zero-order valence-corrected chi connectivity index (χ0v) is 29.4. The standard InChI is InChI=1S/C38H80P/c1-5-6-7-8-9-10-11-12-13-14-15-16-17-18-19-20-21-22-23-24-25-26-27-28-29-30-31-32-33-34-35-36-37-38-39(2,3)4/h5-38H2,1-4H3/q+1. The highest BCUT2D eigenvalue weighted by Crippen LogP contribution is 2.47. The lowest BCUT2D eigenvalue weighted by molar-refractivity contribution is 0.512. The van der Waals surface area contributed by atoms with Crippen LogP contribution >= 0.6 is 7.26 Å². The highest BCUT2D eigenvalue weighted by atomic mass is 31.2. The monoisotopic (exact) mass is 568 g/mol. The van der Waals surface area contributed by atoms with Crippen molar-refractivity contribution in [2.45, 2.75) is 219 Å². The second-order valence-electron chi connectivity index (χ2n) is 14.3. The van der Waals surface area contributed by atoms with Gasteiger partial charge in [0.05, 0.1) is 6.16 Å². The van der Waals surface area contributed by atoms with Crippen molar-refractivity contribution >= 4 is 7.26 Å². The summed E-state index contributed by atoms with van der Waals surface area (Å²) in [6.07, 6.45) is 50.6. The molecule has 0 aromatic rings. The molecule has 0 N–H and O–H groups in total. The van der Waals surface area contributed by atoms with Crippen molar-refractivity contribution in [1.82, 2.24) is 0 Å². The van der Waals surface area contributed by atoms with Crippen LogP contribution in [0.4, 0.5) is 0 Å². The minimum atomic E-state index is -0.520. The van der Waals surface area contributed by atoms with E-state index in [4.69, 9.17) is 0 Å². The van der Waals surface area contributed by atoms with E-state index in [0.717, 1.165) is 0 Å². The predicted molar refractivity (Wildman–Crippen MR) is 188 cm³/mol. The van der Waals surface area contributed by atoms with Crippen LogP contribution in [0, 0.1) is 0 Å². The van der Waals surface area contributed by atoms with Crippen LogP contribution in [0.1, 0.15) is 219 Å². The van der Waals surface area contributed by atoms with Crippen LogP contribution in [0.5, 0.6) is 0 Å². The molecule has 0 spiro atoms. The van der Waals surface area contributed by atoms with Gasteiger partial charge in [0.25, 0.3) is 0 Å². The summed E-state index contributed by atoms with van der Waals surface area (Å²) in [5.74, 6) is 0. The molecule has 0 bridgehead atoms. The Labute approximate surface area is 251 Å². The first kappa shape index (κ1) is 39.4. The average Bonchev–Trinajstić information content (AvgIpc) is 2.90. The van der Waals surface area contributed by atoms with Gasteiger partial charge in [-0.25, -0.2) is 0 Å². The third-order valence-corrected chi connectivity index (χ3v) is 10.6. The molecule has 0 saturated heterocycles. The second-order valence-corrected chi connectivity index (χ2v) is 19.4. The van der Waals surface area contributed by atoms with Crippen molar-refractivity contribution in [1.29, 1.82) is 0 Å². The first-order valence-corrected chi connectivity index (χ1v) is 22.2. The summed E-state index contributed by atoms with van der Waals surface area (Å²) in [5.41, 5.74) is 0. The normalized spacial score (nSPS) is 12.0. The van der Waals surface area contributed by atoms with Crippen molar-refractivity contribution in [2.24, 2.45) is 0 Å². The Hall–Kier alpha value is 0.430. The van der Waals surface area contributed by atoms with Crippen molar-refractivity contribution in [3.05, 3.63) is 0 Å². The molecule has 0 amide bonds. The van der Waals surface area contributed by atoms with E-state index in [1.807, 2.05) is 0 Å². The topological polar surface area (TPSA) is 0 Å². The smallest absolute Gasteiger partial charge is 0.0586 e. The predicted octanol–water partition coefficient (Wildman–Crippen LogP) is 14.8. The van der Waals surface area contributed by atoms with Gasteiger partial charge in [0.1, 0.15) is 0 Å². The van der Waals surface area contributed by atoms with Crippen molar-refractivity contribution in [3.8, 4) is 0 Å². The van der Waals surface area contributed by atoms with Gasteiger partial charge in [-0.3, -0.25) is 0 Å². The van der Waals surface area contributed by atoms with E-state index in [1.54, 1.807) is 0 Å². The van der Waals surface area contributed by atoms with Gasteiger partial charge in [-0.15, -0.1) is 0 Å². The summed E-state index contributed by atoms with van der Waals surface area (Å²) in [6.45, 7) is 9.76. The molecule has 0 aromatic carbocycles. The molecule has 236 valence electrons. The molecule has 0 unspecified atom stereocenters. The first-order valence-electron chi connectivity index (χ1n) is 18.9. The first-order chi connectivity index (χ1) is 19.1. The molecule has 0 aliphatic heterocycles. The molecule has 0 rings (SSSR count). The van der Waals surface area contributed by atoms with Gasteiger partial charge in [0.15, 0.2) is 0 Å².